The van der Waals surface area contributed by atoms with Crippen molar-refractivity contribution < 1.29 is 14.3 Å². The maximum absolute atomic E-state index is 12.4. The van der Waals surface area contributed by atoms with Crippen molar-refractivity contribution in [2.75, 3.05) is 33.3 Å². The molecule has 1 amide bonds. The third-order valence-corrected chi connectivity index (χ3v) is 3.66. The largest absolute Gasteiger partial charge is 0.496 e. The number of benzene rings is 1. The topological polar surface area (TPSA) is 58.6 Å². The summed E-state index contributed by atoms with van der Waals surface area (Å²) in [7, 11) is 1.51. The Labute approximate surface area is 118 Å². The number of carbonyl (C=O) groups excluding carboxylic acids is 2. The van der Waals surface area contributed by atoms with E-state index in [-0.39, 0.29) is 0 Å². The van der Waals surface area contributed by atoms with Crippen LogP contribution < -0.4 is 10.1 Å². The van der Waals surface area contributed by atoms with Crippen molar-refractivity contribution in [1.29, 1.82) is 0 Å². The number of amides is 1. The van der Waals surface area contributed by atoms with Gasteiger partial charge in [-0.25, -0.2) is 0 Å². The van der Waals surface area contributed by atoms with Crippen molar-refractivity contribution in [2.24, 2.45) is 0 Å². The molecule has 108 valence electrons. The summed E-state index contributed by atoms with van der Waals surface area (Å²) >= 11 is 0. The zero-order chi connectivity index (χ0) is 14.7. The van der Waals surface area contributed by atoms with Gasteiger partial charge < -0.3 is 15.0 Å². The number of hydrogen-bond acceptors (Lipinski definition) is 4. The Bertz CT molecular complexity index is 534. The maximum Gasteiger partial charge on any atom is 0.295 e. The lowest BCUT2D eigenvalue weighted by atomic mass is 10.0. The molecule has 0 unspecified atom stereocenters. The third kappa shape index (κ3) is 2.82. The first kappa shape index (κ1) is 14.5. The minimum absolute atomic E-state index is 0.346. The second-order valence-corrected chi connectivity index (χ2v) is 5.01. The Morgan fingerprint density at radius 1 is 1.15 bits per heavy atom. The molecule has 0 atom stereocenters. The van der Waals surface area contributed by atoms with Crippen LogP contribution in [0.2, 0.25) is 0 Å². The molecule has 1 fully saturated rings. The minimum atomic E-state index is -0.494. The van der Waals surface area contributed by atoms with E-state index in [1.807, 2.05) is 13.8 Å². The molecular formula is C15H20N2O3. The van der Waals surface area contributed by atoms with Crippen LogP contribution in [0.1, 0.15) is 21.5 Å². The van der Waals surface area contributed by atoms with Gasteiger partial charge in [0.2, 0.25) is 0 Å². The predicted molar refractivity (Wildman–Crippen MR) is 76.2 cm³/mol. The van der Waals surface area contributed by atoms with E-state index in [4.69, 9.17) is 4.74 Å². The lowest BCUT2D eigenvalue weighted by molar-refractivity contribution is -0.127. The summed E-state index contributed by atoms with van der Waals surface area (Å²) < 4.78 is 5.24. The van der Waals surface area contributed by atoms with Gasteiger partial charge in [0.15, 0.2) is 0 Å². The number of rotatable bonds is 3. The number of ketones is 1. The summed E-state index contributed by atoms with van der Waals surface area (Å²) in [5, 5.41) is 3.16. The SMILES string of the molecule is COc1cc(C)c(C)cc1C(=O)C(=O)N1CCNCC1. The number of ether oxygens (including phenoxy) is 1. The van der Waals surface area contributed by atoms with Crippen LogP contribution in [0, 0.1) is 13.8 Å². The third-order valence-electron chi connectivity index (χ3n) is 3.66. The van der Waals surface area contributed by atoms with Gasteiger partial charge in [0.1, 0.15) is 5.75 Å². The minimum Gasteiger partial charge on any atom is -0.496 e. The lowest BCUT2D eigenvalue weighted by Gasteiger charge is -2.27. The smallest absolute Gasteiger partial charge is 0.295 e. The van der Waals surface area contributed by atoms with Crippen molar-refractivity contribution in [3.8, 4) is 5.75 Å². The van der Waals surface area contributed by atoms with E-state index in [1.54, 1.807) is 17.0 Å². The molecule has 1 saturated heterocycles. The van der Waals surface area contributed by atoms with E-state index >= 15 is 0 Å². The molecule has 1 aromatic rings. The van der Waals surface area contributed by atoms with Gasteiger partial charge in [-0.2, -0.15) is 0 Å². The van der Waals surface area contributed by atoms with Crippen LogP contribution >= 0.6 is 0 Å². The number of Topliss-reactive ketones (excluding diaryl/α,β-unsaturated/α-hetero) is 1. The van der Waals surface area contributed by atoms with Gasteiger partial charge in [0, 0.05) is 26.2 Å². The molecule has 2 rings (SSSR count). The standard InChI is InChI=1S/C15H20N2O3/c1-10-8-12(13(20-3)9-11(10)2)14(18)15(19)17-6-4-16-5-7-17/h8-9,16H,4-7H2,1-3H3. The summed E-state index contributed by atoms with van der Waals surface area (Å²) in [5.74, 6) is -0.485. The van der Waals surface area contributed by atoms with Gasteiger partial charge in [-0.3, -0.25) is 9.59 Å². The molecule has 0 aliphatic carbocycles. The summed E-state index contributed by atoms with van der Waals surface area (Å²) in [4.78, 5) is 26.2. The maximum atomic E-state index is 12.4. The highest BCUT2D eigenvalue weighted by Gasteiger charge is 2.27. The molecule has 20 heavy (non-hydrogen) atoms. The van der Waals surface area contributed by atoms with E-state index in [9.17, 15) is 9.59 Å². The molecule has 1 heterocycles. The van der Waals surface area contributed by atoms with Crippen molar-refractivity contribution in [3.63, 3.8) is 0 Å². The molecule has 5 nitrogen and oxygen atoms in total. The van der Waals surface area contributed by atoms with Crippen molar-refractivity contribution in [3.05, 3.63) is 28.8 Å². The first-order chi connectivity index (χ1) is 9.54. The average molecular weight is 276 g/mol. The molecule has 0 spiro atoms. The van der Waals surface area contributed by atoms with E-state index < -0.39 is 11.7 Å². The molecule has 0 bridgehead atoms. The van der Waals surface area contributed by atoms with Crippen LogP contribution in [-0.2, 0) is 4.79 Å². The fourth-order valence-corrected chi connectivity index (χ4v) is 2.26. The predicted octanol–water partition coefficient (Wildman–Crippen LogP) is 0.927. The zero-order valence-electron chi connectivity index (χ0n) is 12.2. The van der Waals surface area contributed by atoms with Crippen LogP contribution in [-0.4, -0.2) is 49.9 Å². The summed E-state index contributed by atoms with van der Waals surface area (Å²) in [6.45, 7) is 6.45. The van der Waals surface area contributed by atoms with Gasteiger partial charge in [-0.05, 0) is 37.1 Å². The molecule has 0 aromatic heterocycles. The highest BCUT2D eigenvalue weighted by molar-refractivity contribution is 6.43. The van der Waals surface area contributed by atoms with Crippen molar-refractivity contribution in [1.82, 2.24) is 10.2 Å². The van der Waals surface area contributed by atoms with Crippen LogP contribution in [0.3, 0.4) is 0 Å². The fraction of sp³-hybridized carbons (Fsp3) is 0.467. The molecule has 1 aromatic carbocycles. The Morgan fingerprint density at radius 3 is 2.35 bits per heavy atom. The summed E-state index contributed by atoms with van der Waals surface area (Å²) in [5.41, 5.74) is 2.36. The monoisotopic (exact) mass is 276 g/mol. The van der Waals surface area contributed by atoms with E-state index in [0.717, 1.165) is 24.2 Å². The molecule has 0 saturated carbocycles. The molecule has 1 aliphatic rings. The Morgan fingerprint density at radius 2 is 1.75 bits per heavy atom. The van der Waals surface area contributed by atoms with Crippen molar-refractivity contribution in [2.45, 2.75) is 13.8 Å². The number of piperazine rings is 1. The number of nitrogens with zero attached hydrogens (tertiary/aromatic N) is 1. The number of methoxy groups -OCH3 is 1. The zero-order valence-corrected chi connectivity index (χ0v) is 12.2. The number of nitrogens with one attached hydrogen (secondary N) is 1. The van der Waals surface area contributed by atoms with Crippen LogP contribution in [0.4, 0.5) is 0 Å². The molecule has 1 N–H and O–H groups in total. The molecule has 0 radical (unpaired) electrons. The Hall–Kier alpha value is -1.88. The van der Waals surface area contributed by atoms with E-state index in [1.165, 1.54) is 7.11 Å². The number of aryl methyl sites for hydroxylation is 2. The van der Waals surface area contributed by atoms with Gasteiger partial charge >= 0.3 is 0 Å². The van der Waals surface area contributed by atoms with Crippen LogP contribution in [0.5, 0.6) is 5.75 Å². The quantitative estimate of drug-likeness (QED) is 0.659. The van der Waals surface area contributed by atoms with Crippen LogP contribution in [0.25, 0.3) is 0 Å². The normalized spacial score (nSPS) is 15.1. The van der Waals surface area contributed by atoms with Gasteiger partial charge in [-0.1, -0.05) is 0 Å². The fourth-order valence-electron chi connectivity index (χ4n) is 2.26. The van der Waals surface area contributed by atoms with Gasteiger partial charge in [0.25, 0.3) is 11.7 Å². The van der Waals surface area contributed by atoms with Crippen molar-refractivity contribution >= 4 is 11.7 Å². The average Bonchev–Trinajstić information content (AvgIpc) is 2.49. The summed E-state index contributed by atoms with van der Waals surface area (Å²) in [6.07, 6.45) is 0. The number of hydrogen-bond donors (Lipinski definition) is 1. The Balaban J connectivity index is 2.28. The molecule has 5 heteroatoms. The molecule has 1 aliphatic heterocycles. The van der Waals surface area contributed by atoms with Gasteiger partial charge in [-0.15, -0.1) is 0 Å². The second-order valence-electron chi connectivity index (χ2n) is 5.01. The highest BCUT2D eigenvalue weighted by Crippen LogP contribution is 2.24. The number of carbonyl (C=O) groups is 2. The first-order valence-electron chi connectivity index (χ1n) is 6.74. The van der Waals surface area contributed by atoms with Crippen LogP contribution in [0.15, 0.2) is 12.1 Å². The van der Waals surface area contributed by atoms with Gasteiger partial charge in [0.05, 0.1) is 12.7 Å². The molecular weight excluding hydrogens is 256 g/mol. The van der Waals surface area contributed by atoms with E-state index in [0.29, 0.717) is 24.4 Å². The first-order valence-corrected chi connectivity index (χ1v) is 6.74. The second kappa shape index (κ2) is 6.05. The highest BCUT2D eigenvalue weighted by atomic mass is 16.5. The summed E-state index contributed by atoms with van der Waals surface area (Å²) in [6, 6.07) is 3.53. The lowest BCUT2D eigenvalue weighted by Crippen LogP contribution is -2.48. The Kier molecular flexibility index (Phi) is 4.39. The van der Waals surface area contributed by atoms with E-state index in [2.05, 4.69) is 5.32 Å².